The van der Waals surface area contributed by atoms with Gasteiger partial charge in [0.05, 0.1) is 0 Å². The molecule has 0 radical (unpaired) electrons. The number of anilines is 6. The summed E-state index contributed by atoms with van der Waals surface area (Å²) in [5.74, 6) is 0. The van der Waals surface area contributed by atoms with Crippen molar-refractivity contribution in [2.75, 3.05) is 9.80 Å². The lowest BCUT2D eigenvalue weighted by atomic mass is 9.32. The van der Waals surface area contributed by atoms with E-state index in [0.29, 0.717) is 0 Å². The van der Waals surface area contributed by atoms with E-state index in [2.05, 4.69) is 161 Å². The largest absolute Gasteiger partial charge is 0.311 e. The molecule has 2 saturated carbocycles. The second-order valence-corrected chi connectivity index (χ2v) is 17.0. The summed E-state index contributed by atoms with van der Waals surface area (Å²) < 4.78 is 0. The fraction of sp³-hybridized carbons (Fsp3) is 0.192. The zero-order chi connectivity index (χ0) is 35.9. The minimum Gasteiger partial charge on any atom is -0.311 e. The summed E-state index contributed by atoms with van der Waals surface area (Å²) in [6.45, 7) is 0.105. The van der Waals surface area contributed by atoms with Gasteiger partial charge in [-0.15, -0.1) is 0 Å². The lowest BCUT2D eigenvalue weighted by molar-refractivity contribution is 0.550. The first kappa shape index (κ1) is 30.5. The van der Waals surface area contributed by atoms with Gasteiger partial charge in [0.15, 0.2) is 0 Å². The molecule has 55 heavy (non-hydrogen) atoms. The van der Waals surface area contributed by atoms with E-state index in [9.17, 15) is 0 Å². The van der Waals surface area contributed by atoms with E-state index in [1.165, 1.54) is 130 Å². The van der Waals surface area contributed by atoms with Gasteiger partial charge in [-0.25, -0.2) is 0 Å². The highest BCUT2D eigenvalue weighted by molar-refractivity contribution is 7.01. The number of rotatable bonds is 2. The van der Waals surface area contributed by atoms with Crippen LogP contribution >= 0.6 is 0 Å². The van der Waals surface area contributed by atoms with Crippen molar-refractivity contribution in [1.29, 1.82) is 0 Å². The SMILES string of the molecule is c1ccc(N2c3ccccc3B3c4c2cccc4N(c2ccc4c(c2)C2(CCCC2)c2ccccc2-4)c2ccc4c(c23)-c2ccccc2C42CCCC2)cc1. The molecule has 2 heterocycles. The number of hydrogen-bond acceptors (Lipinski definition) is 2. The highest BCUT2D eigenvalue weighted by Crippen LogP contribution is 2.60. The first-order valence-electron chi connectivity index (χ1n) is 20.7. The van der Waals surface area contributed by atoms with E-state index in [4.69, 9.17) is 0 Å². The van der Waals surface area contributed by atoms with E-state index >= 15 is 0 Å². The van der Waals surface area contributed by atoms with Gasteiger partial charge in [-0.05, 0) is 135 Å². The predicted octanol–water partition coefficient (Wildman–Crippen LogP) is 11.5. The fourth-order valence-corrected chi connectivity index (χ4v) is 12.7. The molecular weight excluding hydrogens is 663 g/mol. The van der Waals surface area contributed by atoms with Crippen LogP contribution in [0.2, 0.25) is 0 Å². The molecule has 2 fully saturated rings. The molecule has 2 aliphatic heterocycles. The number of para-hydroxylation sites is 2. The Balaban J connectivity index is 1.13. The van der Waals surface area contributed by atoms with E-state index < -0.39 is 0 Å². The quantitative estimate of drug-likeness (QED) is 0.165. The average molecular weight is 705 g/mol. The Kier molecular flexibility index (Phi) is 6.06. The molecule has 0 atom stereocenters. The monoisotopic (exact) mass is 704 g/mol. The number of benzene rings is 7. The molecule has 0 unspecified atom stereocenters. The molecule has 7 aromatic carbocycles. The van der Waals surface area contributed by atoms with Crippen LogP contribution in [0.4, 0.5) is 34.1 Å². The molecule has 0 amide bonds. The first-order chi connectivity index (χ1) is 27.3. The molecule has 0 N–H and O–H groups in total. The van der Waals surface area contributed by atoms with Crippen molar-refractivity contribution in [3.8, 4) is 22.3 Å². The molecule has 262 valence electrons. The van der Waals surface area contributed by atoms with Crippen LogP contribution < -0.4 is 26.2 Å². The number of fused-ring (bicyclic) bond motifs is 15. The Bertz CT molecular complexity index is 2750. The standard InChI is InChI=1S/C52H41BN2/c1-2-15-34(16-3-1)54-44-22-9-8-21-43(44)53-49-45(54)23-14-24-46(49)55(35-25-26-37-36-17-4-6-19-39(36)52(42(37)33-35)31-12-13-32-52)47-28-27-41-48(50(47)53)38-18-5-7-20-40(38)51(41)29-10-11-30-51/h1-9,14-28,33H,10-13,29-32H2. The Morgan fingerprint density at radius 2 is 0.945 bits per heavy atom. The summed E-state index contributed by atoms with van der Waals surface area (Å²) in [6, 6.07) is 58.6. The predicted molar refractivity (Wildman–Crippen MR) is 230 cm³/mol. The zero-order valence-corrected chi connectivity index (χ0v) is 31.1. The maximum Gasteiger partial charge on any atom is 0.252 e. The van der Waals surface area contributed by atoms with Gasteiger partial charge in [-0.3, -0.25) is 0 Å². The number of nitrogens with zero attached hydrogens (tertiary/aromatic N) is 2. The van der Waals surface area contributed by atoms with Crippen molar-refractivity contribution >= 4 is 57.2 Å². The van der Waals surface area contributed by atoms with Gasteiger partial charge in [0.2, 0.25) is 0 Å². The second-order valence-electron chi connectivity index (χ2n) is 17.0. The fourth-order valence-electron chi connectivity index (χ4n) is 12.7. The summed E-state index contributed by atoms with van der Waals surface area (Å²) in [6.07, 6.45) is 10.1. The van der Waals surface area contributed by atoms with Crippen LogP contribution in [0.1, 0.15) is 73.6 Å². The van der Waals surface area contributed by atoms with E-state index in [-0.39, 0.29) is 17.5 Å². The highest BCUT2D eigenvalue weighted by atomic mass is 15.2. The van der Waals surface area contributed by atoms with Gasteiger partial charge < -0.3 is 9.80 Å². The van der Waals surface area contributed by atoms with Gasteiger partial charge in [-0.2, -0.15) is 0 Å². The third kappa shape index (κ3) is 3.77. The van der Waals surface area contributed by atoms with Gasteiger partial charge in [0.1, 0.15) is 0 Å². The Morgan fingerprint density at radius 1 is 0.382 bits per heavy atom. The van der Waals surface area contributed by atoms with Gasteiger partial charge in [0.25, 0.3) is 6.71 Å². The van der Waals surface area contributed by atoms with Gasteiger partial charge >= 0.3 is 0 Å². The first-order valence-corrected chi connectivity index (χ1v) is 20.7. The van der Waals surface area contributed by atoms with Crippen molar-refractivity contribution in [3.05, 3.63) is 174 Å². The zero-order valence-electron chi connectivity index (χ0n) is 31.1. The molecular formula is C52H41BN2. The molecule has 4 aliphatic carbocycles. The molecule has 3 heteroatoms. The Morgan fingerprint density at radius 3 is 1.71 bits per heavy atom. The summed E-state index contributed by atoms with van der Waals surface area (Å²) in [4.78, 5) is 5.19. The minimum absolute atomic E-state index is 0.101. The van der Waals surface area contributed by atoms with Crippen molar-refractivity contribution in [1.82, 2.24) is 0 Å². The molecule has 13 rings (SSSR count). The van der Waals surface area contributed by atoms with Crippen LogP contribution in [0, 0.1) is 0 Å². The van der Waals surface area contributed by atoms with Crippen molar-refractivity contribution in [2.24, 2.45) is 0 Å². The minimum atomic E-state index is 0.101. The van der Waals surface area contributed by atoms with Crippen molar-refractivity contribution in [2.45, 2.75) is 62.2 Å². The molecule has 2 nitrogen and oxygen atoms in total. The molecule has 6 aliphatic rings. The van der Waals surface area contributed by atoms with E-state index in [0.717, 1.165) is 0 Å². The smallest absolute Gasteiger partial charge is 0.252 e. The Hall–Kier alpha value is -5.80. The third-order valence-corrected chi connectivity index (χ3v) is 14.7. The molecule has 0 bridgehead atoms. The number of hydrogen-bond donors (Lipinski definition) is 0. The molecule has 0 aromatic heterocycles. The van der Waals surface area contributed by atoms with Crippen LogP contribution in [0.5, 0.6) is 0 Å². The maximum atomic E-state index is 2.66. The topological polar surface area (TPSA) is 6.48 Å². The van der Waals surface area contributed by atoms with Crippen LogP contribution in [0.15, 0.2) is 152 Å². The van der Waals surface area contributed by atoms with Crippen molar-refractivity contribution in [3.63, 3.8) is 0 Å². The van der Waals surface area contributed by atoms with Crippen molar-refractivity contribution < 1.29 is 0 Å². The van der Waals surface area contributed by atoms with E-state index in [1.807, 2.05) is 0 Å². The third-order valence-electron chi connectivity index (χ3n) is 14.7. The summed E-state index contributed by atoms with van der Waals surface area (Å²) in [5.41, 5.74) is 24.2. The maximum absolute atomic E-state index is 2.66. The normalized spacial score (nSPS) is 18.1. The summed E-state index contributed by atoms with van der Waals surface area (Å²) in [7, 11) is 0. The lowest BCUT2D eigenvalue weighted by Crippen LogP contribution is -2.62. The van der Waals surface area contributed by atoms with Crippen LogP contribution in [0.3, 0.4) is 0 Å². The average Bonchev–Trinajstić information content (AvgIpc) is 4.05. The molecule has 2 spiro atoms. The summed E-state index contributed by atoms with van der Waals surface area (Å²) >= 11 is 0. The molecule has 0 saturated heterocycles. The van der Waals surface area contributed by atoms with Crippen LogP contribution in [-0.2, 0) is 10.8 Å². The second kappa shape index (κ2) is 10.9. The molecule has 7 aromatic rings. The van der Waals surface area contributed by atoms with Crippen LogP contribution in [0.25, 0.3) is 22.3 Å². The highest BCUT2D eigenvalue weighted by Gasteiger charge is 2.51. The van der Waals surface area contributed by atoms with E-state index in [1.54, 1.807) is 16.7 Å². The van der Waals surface area contributed by atoms with Crippen LogP contribution in [-0.4, -0.2) is 6.71 Å². The Labute approximate surface area is 324 Å². The van der Waals surface area contributed by atoms with Gasteiger partial charge in [0, 0.05) is 45.0 Å². The van der Waals surface area contributed by atoms with Gasteiger partial charge in [-0.1, -0.05) is 129 Å². The summed E-state index contributed by atoms with van der Waals surface area (Å²) in [5, 5.41) is 0. The lowest BCUT2D eigenvalue weighted by Gasteiger charge is -2.45.